The highest BCUT2D eigenvalue weighted by Gasteiger charge is 2.53. The fourth-order valence-electron chi connectivity index (χ4n) is 4.52. The topological polar surface area (TPSA) is 64.6 Å². The molecular formula is C25H25NO4. The number of nitrogens with one attached hydrogen (secondary N) is 1. The number of rotatable bonds is 5. The Morgan fingerprint density at radius 3 is 2.33 bits per heavy atom. The summed E-state index contributed by atoms with van der Waals surface area (Å²) in [5.41, 5.74) is 0.937. The van der Waals surface area contributed by atoms with E-state index in [1.165, 1.54) is 14.2 Å². The number of hydrogen-bond acceptors (Lipinski definition) is 5. The number of carbonyl (C=O) groups excluding carboxylic acids is 2. The van der Waals surface area contributed by atoms with Gasteiger partial charge in [-0.2, -0.15) is 0 Å². The van der Waals surface area contributed by atoms with Gasteiger partial charge in [0.05, 0.1) is 20.1 Å². The predicted octanol–water partition coefficient (Wildman–Crippen LogP) is 3.82. The third-order valence-corrected chi connectivity index (χ3v) is 5.96. The van der Waals surface area contributed by atoms with Crippen molar-refractivity contribution in [3.63, 3.8) is 0 Å². The van der Waals surface area contributed by atoms with Crippen LogP contribution in [0.1, 0.15) is 23.6 Å². The molecule has 0 aromatic heterocycles. The van der Waals surface area contributed by atoms with Gasteiger partial charge in [-0.15, -0.1) is 0 Å². The maximum atomic E-state index is 12.9. The lowest BCUT2D eigenvalue weighted by atomic mass is 9.85. The second-order valence-electron chi connectivity index (χ2n) is 7.80. The highest BCUT2D eigenvalue weighted by Crippen LogP contribution is 2.42. The van der Waals surface area contributed by atoms with E-state index >= 15 is 0 Å². The number of benzene rings is 3. The molecule has 5 heteroatoms. The first-order valence-electron chi connectivity index (χ1n) is 10.0. The van der Waals surface area contributed by atoms with Crippen LogP contribution in [0.5, 0.6) is 0 Å². The Labute approximate surface area is 176 Å². The molecule has 1 aliphatic rings. The van der Waals surface area contributed by atoms with Gasteiger partial charge in [-0.25, -0.2) is 0 Å². The quantitative estimate of drug-likeness (QED) is 0.656. The van der Waals surface area contributed by atoms with Crippen LogP contribution in [-0.4, -0.2) is 31.7 Å². The number of fused-ring (bicyclic) bond motifs is 1. The molecule has 1 N–H and O–H groups in total. The van der Waals surface area contributed by atoms with Crippen molar-refractivity contribution < 1.29 is 19.1 Å². The van der Waals surface area contributed by atoms with Crippen molar-refractivity contribution in [2.45, 2.75) is 24.4 Å². The van der Waals surface area contributed by atoms with E-state index in [4.69, 9.17) is 9.47 Å². The van der Waals surface area contributed by atoms with Gasteiger partial charge in [-0.3, -0.25) is 14.9 Å². The molecule has 0 spiro atoms. The molecule has 3 aromatic rings. The molecule has 1 saturated heterocycles. The third kappa shape index (κ3) is 3.68. The van der Waals surface area contributed by atoms with Crippen LogP contribution in [-0.2, 0) is 25.5 Å². The third-order valence-electron chi connectivity index (χ3n) is 5.96. The maximum Gasteiger partial charge on any atom is 0.326 e. The second-order valence-corrected chi connectivity index (χ2v) is 7.80. The highest BCUT2D eigenvalue weighted by molar-refractivity contribution is 5.86. The van der Waals surface area contributed by atoms with Crippen LogP contribution in [0.3, 0.4) is 0 Å². The molecule has 0 saturated carbocycles. The van der Waals surface area contributed by atoms with E-state index in [1.54, 1.807) is 0 Å². The molecule has 0 bridgehead atoms. The summed E-state index contributed by atoms with van der Waals surface area (Å²) in [6.45, 7) is 0. The molecule has 0 aliphatic carbocycles. The molecule has 5 nitrogen and oxygen atoms in total. The highest BCUT2D eigenvalue weighted by atomic mass is 16.5. The number of methoxy groups -OCH3 is 2. The molecule has 3 atom stereocenters. The number of esters is 2. The monoisotopic (exact) mass is 403 g/mol. The van der Waals surface area contributed by atoms with Crippen LogP contribution in [0.4, 0.5) is 0 Å². The summed E-state index contributed by atoms with van der Waals surface area (Å²) in [5, 5.41) is 5.68. The minimum Gasteiger partial charge on any atom is -0.469 e. The van der Waals surface area contributed by atoms with Crippen LogP contribution < -0.4 is 5.32 Å². The molecule has 0 radical (unpaired) electrons. The molecule has 1 heterocycles. The summed E-state index contributed by atoms with van der Waals surface area (Å²) in [6.07, 6.45) is 0.733. The second kappa shape index (κ2) is 8.28. The Morgan fingerprint density at radius 1 is 0.933 bits per heavy atom. The first-order chi connectivity index (χ1) is 14.6. The zero-order valence-corrected chi connectivity index (χ0v) is 17.1. The maximum absolute atomic E-state index is 12.9. The molecule has 4 rings (SSSR count). The zero-order chi connectivity index (χ0) is 21.1. The summed E-state index contributed by atoms with van der Waals surface area (Å²) in [6, 6.07) is 23.6. The molecule has 30 heavy (non-hydrogen) atoms. The Balaban J connectivity index is 1.76. The number of ether oxygens (including phenoxy) is 2. The van der Waals surface area contributed by atoms with Crippen LogP contribution in [0.15, 0.2) is 72.8 Å². The van der Waals surface area contributed by atoms with Crippen LogP contribution in [0, 0.1) is 5.92 Å². The minimum atomic E-state index is -1.01. The van der Waals surface area contributed by atoms with Gasteiger partial charge in [0.15, 0.2) is 0 Å². The standard InChI is InChI=1S/C25H25NO4/c1-29-23(27)21-16-25(24(28)30-2,15-17-8-4-3-5-9-17)26-22(21)20-13-12-18-10-6-7-11-19(18)14-20/h3-14,21-22,26H,15-16H2,1-2H3/t21-,22-,25-/m0/s1. The molecule has 0 unspecified atom stereocenters. The van der Waals surface area contributed by atoms with Crippen molar-refractivity contribution in [1.29, 1.82) is 0 Å². The molecule has 0 amide bonds. The van der Waals surface area contributed by atoms with E-state index < -0.39 is 11.5 Å². The lowest BCUT2D eigenvalue weighted by Crippen LogP contribution is -2.50. The summed E-state index contributed by atoms with van der Waals surface area (Å²) in [7, 11) is 2.77. The molecule has 1 fully saturated rings. The summed E-state index contributed by atoms with van der Waals surface area (Å²) < 4.78 is 10.3. The van der Waals surface area contributed by atoms with Gasteiger partial charge in [0, 0.05) is 12.5 Å². The molecular weight excluding hydrogens is 378 g/mol. The predicted molar refractivity (Wildman–Crippen MR) is 115 cm³/mol. The Bertz CT molecular complexity index is 1060. The Hall–Kier alpha value is -3.18. The summed E-state index contributed by atoms with van der Waals surface area (Å²) >= 11 is 0. The van der Waals surface area contributed by atoms with Gasteiger partial charge in [0.2, 0.25) is 0 Å². The van der Waals surface area contributed by atoms with E-state index in [1.807, 2.05) is 66.7 Å². The fraction of sp³-hybridized carbons (Fsp3) is 0.280. The van der Waals surface area contributed by atoms with Crippen LogP contribution in [0.25, 0.3) is 10.8 Å². The van der Waals surface area contributed by atoms with Gasteiger partial charge in [-0.05, 0) is 34.4 Å². The average molecular weight is 403 g/mol. The fourth-order valence-corrected chi connectivity index (χ4v) is 4.52. The average Bonchev–Trinajstić information content (AvgIpc) is 3.19. The van der Waals surface area contributed by atoms with Gasteiger partial charge in [0.25, 0.3) is 0 Å². The van der Waals surface area contributed by atoms with Crippen molar-refractivity contribution in [3.8, 4) is 0 Å². The van der Waals surface area contributed by atoms with E-state index in [2.05, 4.69) is 11.4 Å². The smallest absolute Gasteiger partial charge is 0.326 e. The van der Waals surface area contributed by atoms with Crippen molar-refractivity contribution >= 4 is 22.7 Å². The van der Waals surface area contributed by atoms with Gasteiger partial charge in [0.1, 0.15) is 5.54 Å². The Morgan fingerprint density at radius 2 is 1.63 bits per heavy atom. The van der Waals surface area contributed by atoms with E-state index in [0.29, 0.717) is 12.8 Å². The van der Waals surface area contributed by atoms with E-state index in [0.717, 1.165) is 21.9 Å². The first-order valence-corrected chi connectivity index (χ1v) is 10.0. The summed E-state index contributed by atoms with van der Waals surface area (Å²) in [5.74, 6) is -1.21. The van der Waals surface area contributed by atoms with Gasteiger partial charge in [-0.1, -0.05) is 66.7 Å². The van der Waals surface area contributed by atoms with Crippen molar-refractivity contribution in [2.24, 2.45) is 5.92 Å². The Kier molecular flexibility index (Phi) is 5.55. The lowest BCUT2D eigenvalue weighted by molar-refractivity contribution is -0.148. The van der Waals surface area contributed by atoms with Crippen LogP contribution in [0.2, 0.25) is 0 Å². The van der Waals surface area contributed by atoms with Crippen molar-refractivity contribution in [3.05, 3.63) is 83.9 Å². The molecule has 3 aromatic carbocycles. The van der Waals surface area contributed by atoms with Crippen LogP contribution >= 0.6 is 0 Å². The van der Waals surface area contributed by atoms with Crippen molar-refractivity contribution in [1.82, 2.24) is 5.32 Å². The SMILES string of the molecule is COC(=O)[C@H]1C[C@@](Cc2ccccc2)(C(=O)OC)N[C@H]1c1ccc2ccccc2c1. The molecule has 1 aliphatic heterocycles. The minimum absolute atomic E-state index is 0.304. The van der Waals surface area contributed by atoms with Gasteiger partial charge >= 0.3 is 11.9 Å². The summed E-state index contributed by atoms with van der Waals surface area (Å²) in [4.78, 5) is 25.6. The molecule has 154 valence electrons. The largest absolute Gasteiger partial charge is 0.469 e. The van der Waals surface area contributed by atoms with Gasteiger partial charge < -0.3 is 9.47 Å². The zero-order valence-electron chi connectivity index (χ0n) is 17.1. The number of carbonyl (C=O) groups is 2. The van der Waals surface area contributed by atoms with E-state index in [-0.39, 0.29) is 18.0 Å². The normalized spacial score (nSPS) is 23.3. The number of hydrogen-bond donors (Lipinski definition) is 1. The lowest BCUT2D eigenvalue weighted by Gasteiger charge is -2.28. The van der Waals surface area contributed by atoms with Crippen molar-refractivity contribution in [2.75, 3.05) is 14.2 Å². The first kappa shape index (κ1) is 20.1. The van der Waals surface area contributed by atoms with E-state index in [9.17, 15) is 9.59 Å².